The molecule has 0 aliphatic rings. The third kappa shape index (κ3) is 6.48. The maximum absolute atomic E-state index is 5.66. The van der Waals surface area contributed by atoms with E-state index >= 15 is 0 Å². The van der Waals surface area contributed by atoms with Crippen LogP contribution in [0.15, 0.2) is 103 Å². The fraction of sp³-hybridized carbons (Fsp3) is 0.176. The summed E-state index contributed by atoms with van der Waals surface area (Å²) in [6.45, 7) is 8.54. The van der Waals surface area contributed by atoms with Gasteiger partial charge in [-0.3, -0.25) is 0 Å². The molecule has 0 aliphatic carbocycles. The Labute approximate surface area is 239 Å². The minimum Gasteiger partial charge on any atom is -0.496 e. The smallest absolute Gasteiger partial charge is 0.496 e. The molecule has 0 fully saturated rings. The van der Waals surface area contributed by atoms with Crippen LogP contribution >= 0.6 is 7.92 Å². The second kappa shape index (κ2) is 13.6. The zero-order chi connectivity index (χ0) is 26.4. The maximum Gasteiger partial charge on any atom is 2.00 e. The van der Waals surface area contributed by atoms with Crippen molar-refractivity contribution in [3.63, 3.8) is 0 Å². The molecule has 0 aromatic heterocycles. The average molecular weight is 562 g/mol. The van der Waals surface area contributed by atoms with E-state index in [0.29, 0.717) is 0 Å². The molecule has 0 bridgehead atoms. The van der Waals surface area contributed by atoms with E-state index < -0.39 is 7.92 Å². The molecule has 5 rings (SSSR count). The Bertz CT molecular complexity index is 1310. The number of rotatable bonds is 6. The first-order valence-electron chi connectivity index (χ1n) is 12.5. The molecule has 0 aliphatic heterocycles. The van der Waals surface area contributed by atoms with Crippen molar-refractivity contribution in [3.8, 4) is 22.6 Å². The van der Waals surface area contributed by atoms with E-state index in [1.165, 1.54) is 49.3 Å². The molecule has 38 heavy (non-hydrogen) atoms. The molecule has 0 saturated carbocycles. The van der Waals surface area contributed by atoms with Gasteiger partial charge in [0.1, 0.15) is 11.5 Å². The zero-order valence-corrected chi connectivity index (χ0v) is 24.9. The molecule has 0 atom stereocenters. The van der Waals surface area contributed by atoms with Crippen molar-refractivity contribution in [1.29, 1.82) is 0 Å². The number of hydrogen-bond acceptors (Lipinski definition) is 2. The first kappa shape index (κ1) is 29.5. The molecule has 0 radical (unpaired) electrons. The van der Waals surface area contributed by atoms with Gasteiger partial charge in [0.15, 0.2) is 0 Å². The number of benzene rings is 3. The second-order valence-electron chi connectivity index (χ2n) is 9.21. The summed E-state index contributed by atoms with van der Waals surface area (Å²) in [7, 11) is 2.72. The normalized spacial score (nSPS) is 10.4. The Balaban J connectivity index is 0.000000598. The Hall–Kier alpha value is -3.09. The standard InChI is InChI=1S/C29H30O2P.C5H5.Fe/c1-19-15-24(16-20(2)28(19)30-5)32(25-17-21(3)29(31-6)22(4)18-25)27-14-10-9-13-26(27)23-11-7-8-12-23;1-2-4-5-3-1;/h7-18H,1-6H3;1-5H;/q2*-1;+2. The van der Waals surface area contributed by atoms with Crippen LogP contribution in [0.5, 0.6) is 11.5 Å². The Kier molecular flexibility index (Phi) is 10.6. The largest absolute Gasteiger partial charge is 2.00 e. The van der Waals surface area contributed by atoms with Crippen LogP contribution < -0.4 is 25.4 Å². The summed E-state index contributed by atoms with van der Waals surface area (Å²) < 4.78 is 11.3. The summed E-state index contributed by atoms with van der Waals surface area (Å²) in [4.78, 5) is 0. The zero-order valence-electron chi connectivity index (χ0n) is 22.9. The van der Waals surface area contributed by atoms with Gasteiger partial charge in [0.2, 0.25) is 0 Å². The summed E-state index contributed by atoms with van der Waals surface area (Å²) >= 11 is 0. The van der Waals surface area contributed by atoms with Gasteiger partial charge in [-0.25, -0.2) is 12.1 Å². The van der Waals surface area contributed by atoms with Gasteiger partial charge in [-0.2, -0.15) is 36.4 Å². The van der Waals surface area contributed by atoms with Gasteiger partial charge in [-0.1, -0.05) is 29.8 Å². The van der Waals surface area contributed by atoms with E-state index in [2.05, 4.69) is 100 Å². The van der Waals surface area contributed by atoms with E-state index in [0.717, 1.165) is 11.5 Å². The Morgan fingerprint density at radius 1 is 0.605 bits per heavy atom. The Morgan fingerprint density at radius 2 is 1.11 bits per heavy atom. The van der Waals surface area contributed by atoms with Crippen molar-refractivity contribution in [2.75, 3.05) is 14.2 Å². The summed E-state index contributed by atoms with van der Waals surface area (Å²) in [5.74, 6) is 1.94. The minimum absolute atomic E-state index is 0. The molecule has 196 valence electrons. The summed E-state index contributed by atoms with van der Waals surface area (Å²) in [6, 6.07) is 36.6. The molecular formula is C34H35FeO2P. The number of methoxy groups -OCH3 is 2. The molecule has 5 aromatic carbocycles. The van der Waals surface area contributed by atoms with Gasteiger partial charge in [0, 0.05) is 0 Å². The molecule has 0 amide bonds. The molecule has 0 heterocycles. The fourth-order valence-electron chi connectivity index (χ4n) is 4.97. The van der Waals surface area contributed by atoms with Crippen LogP contribution in [-0.2, 0) is 17.1 Å². The van der Waals surface area contributed by atoms with Crippen molar-refractivity contribution >= 4 is 23.8 Å². The van der Waals surface area contributed by atoms with Crippen molar-refractivity contribution in [1.82, 2.24) is 0 Å². The van der Waals surface area contributed by atoms with Crippen molar-refractivity contribution in [3.05, 3.63) is 125 Å². The van der Waals surface area contributed by atoms with Crippen LogP contribution in [0.3, 0.4) is 0 Å². The summed E-state index contributed by atoms with van der Waals surface area (Å²) in [6.07, 6.45) is 0. The van der Waals surface area contributed by atoms with Crippen LogP contribution in [0.25, 0.3) is 11.1 Å². The summed E-state index contributed by atoms with van der Waals surface area (Å²) in [5.41, 5.74) is 7.23. The van der Waals surface area contributed by atoms with Gasteiger partial charge in [-0.05, 0) is 98.0 Å². The van der Waals surface area contributed by atoms with Crippen molar-refractivity contribution in [2.45, 2.75) is 27.7 Å². The molecule has 0 N–H and O–H groups in total. The number of hydrogen-bond donors (Lipinski definition) is 0. The van der Waals surface area contributed by atoms with E-state index in [9.17, 15) is 0 Å². The first-order valence-corrected chi connectivity index (χ1v) is 13.9. The van der Waals surface area contributed by atoms with E-state index in [4.69, 9.17) is 9.47 Å². The topological polar surface area (TPSA) is 18.5 Å². The quantitative estimate of drug-likeness (QED) is 0.121. The van der Waals surface area contributed by atoms with E-state index in [1.807, 2.05) is 30.3 Å². The third-order valence-electron chi connectivity index (χ3n) is 6.49. The van der Waals surface area contributed by atoms with Crippen LogP contribution in [0.2, 0.25) is 0 Å². The van der Waals surface area contributed by atoms with Crippen LogP contribution in [-0.4, -0.2) is 14.2 Å². The van der Waals surface area contributed by atoms with Gasteiger partial charge in [0.25, 0.3) is 0 Å². The minimum atomic E-state index is -0.782. The van der Waals surface area contributed by atoms with E-state index in [1.54, 1.807) is 14.2 Å². The summed E-state index contributed by atoms with van der Waals surface area (Å²) in [5, 5.41) is 4.03. The molecule has 2 nitrogen and oxygen atoms in total. The molecular weight excluding hydrogens is 527 g/mol. The van der Waals surface area contributed by atoms with Crippen LogP contribution in [0.4, 0.5) is 0 Å². The molecule has 0 saturated heterocycles. The second-order valence-corrected chi connectivity index (χ2v) is 11.4. The first-order chi connectivity index (χ1) is 17.9. The number of ether oxygens (including phenoxy) is 2. The van der Waals surface area contributed by atoms with Gasteiger partial charge >= 0.3 is 17.1 Å². The van der Waals surface area contributed by atoms with Gasteiger partial charge < -0.3 is 9.47 Å². The molecule has 4 heteroatoms. The van der Waals surface area contributed by atoms with Gasteiger partial charge in [0.05, 0.1) is 14.2 Å². The van der Waals surface area contributed by atoms with E-state index in [-0.39, 0.29) is 17.1 Å². The van der Waals surface area contributed by atoms with Crippen LogP contribution in [0, 0.1) is 27.7 Å². The monoisotopic (exact) mass is 562 g/mol. The van der Waals surface area contributed by atoms with Crippen molar-refractivity contribution < 1.29 is 26.5 Å². The molecule has 5 aromatic rings. The maximum atomic E-state index is 5.66. The fourth-order valence-corrected chi connectivity index (χ4v) is 7.80. The molecule has 0 spiro atoms. The third-order valence-corrected chi connectivity index (χ3v) is 8.91. The number of aryl methyl sites for hydroxylation is 4. The van der Waals surface area contributed by atoms with Crippen LogP contribution in [0.1, 0.15) is 22.3 Å². The SMILES string of the molecule is COc1c(C)cc(P(c2cc(C)c(OC)c(C)c2)c2ccccc2-c2ccc[cH-]2)cc1C.[Fe+2].c1cc[cH-]c1. The molecule has 0 unspecified atom stereocenters. The predicted octanol–water partition coefficient (Wildman–Crippen LogP) is 7.48. The average Bonchev–Trinajstić information content (AvgIpc) is 3.62. The predicted molar refractivity (Wildman–Crippen MR) is 160 cm³/mol. The van der Waals surface area contributed by atoms with Crippen molar-refractivity contribution in [2.24, 2.45) is 0 Å². The Morgan fingerprint density at radius 3 is 1.50 bits per heavy atom. The van der Waals surface area contributed by atoms with Gasteiger partial charge in [-0.15, -0.1) is 11.6 Å².